The molecule has 1 heterocycles. The van der Waals surface area contributed by atoms with Crippen molar-refractivity contribution in [1.29, 1.82) is 5.26 Å². The number of sulfonamides is 1. The molecule has 0 N–H and O–H groups in total. The minimum absolute atomic E-state index is 0.273. The van der Waals surface area contributed by atoms with Crippen LogP contribution < -0.4 is 9.09 Å². The topological polar surface area (TPSA) is 65.1 Å². The van der Waals surface area contributed by atoms with Crippen molar-refractivity contribution in [1.82, 2.24) is 0 Å². The number of aromatic nitrogens is 1. The third-order valence-electron chi connectivity index (χ3n) is 3.10. The maximum atomic E-state index is 12.5. The van der Waals surface area contributed by atoms with Gasteiger partial charge in [-0.3, -0.25) is 0 Å². The molecule has 0 radical (unpaired) electrons. The number of halogens is 3. The molecule has 0 aliphatic heterocycles. The smallest absolute Gasteiger partial charge is 0.196 e. The van der Waals surface area contributed by atoms with Crippen LogP contribution in [0.25, 0.3) is 0 Å². The Morgan fingerprint density at radius 2 is 1.61 bits per heavy atom. The lowest BCUT2D eigenvalue weighted by Gasteiger charge is -2.13. The van der Waals surface area contributed by atoms with Crippen molar-refractivity contribution in [3.8, 4) is 6.07 Å². The predicted octanol–water partition coefficient (Wildman–Crippen LogP) is 1.82. The Bertz CT molecular complexity index is 839. The Hall–Kier alpha value is -2.60. The summed E-state index contributed by atoms with van der Waals surface area (Å²) in [5, 5.41) is 8.71. The molecule has 2 aromatic rings. The molecular formula is C14H11F3N3O2S+. The molecule has 120 valence electrons. The highest BCUT2D eigenvalue weighted by Gasteiger charge is 2.32. The van der Waals surface area contributed by atoms with Crippen LogP contribution >= 0.6 is 0 Å². The van der Waals surface area contributed by atoms with E-state index in [0.29, 0.717) is 17.7 Å². The van der Waals surface area contributed by atoms with E-state index in [4.69, 9.17) is 5.26 Å². The summed E-state index contributed by atoms with van der Waals surface area (Å²) in [6.07, 6.45) is -1.81. The van der Waals surface area contributed by atoms with E-state index < -0.39 is 21.8 Å². The van der Waals surface area contributed by atoms with E-state index >= 15 is 0 Å². The first-order chi connectivity index (χ1) is 10.7. The molecule has 0 saturated heterocycles. The molecule has 0 fully saturated rings. The lowest BCUT2D eigenvalue weighted by molar-refractivity contribution is -0.673. The van der Waals surface area contributed by atoms with Crippen LogP contribution in [0.1, 0.15) is 11.1 Å². The van der Waals surface area contributed by atoms with Crippen LogP contribution in [0, 0.1) is 11.3 Å². The fourth-order valence-electron chi connectivity index (χ4n) is 1.77. The van der Waals surface area contributed by atoms with Crippen molar-refractivity contribution in [3.63, 3.8) is 0 Å². The summed E-state index contributed by atoms with van der Waals surface area (Å²) >= 11 is 0. The van der Waals surface area contributed by atoms with Crippen LogP contribution in [-0.4, -0.2) is 15.5 Å². The highest BCUT2D eigenvalue weighted by atomic mass is 32.2. The van der Waals surface area contributed by atoms with Gasteiger partial charge >= 0.3 is 16.2 Å². The molecule has 0 aliphatic carbocycles. The monoisotopic (exact) mass is 342 g/mol. The van der Waals surface area contributed by atoms with Crippen LogP contribution in [-0.2, 0) is 16.2 Å². The van der Waals surface area contributed by atoms with Gasteiger partial charge in [-0.15, -0.1) is 0 Å². The quantitative estimate of drug-likeness (QED) is 0.799. The molecule has 0 spiro atoms. The average molecular weight is 342 g/mol. The fraction of sp³-hybridized carbons (Fsp3) is 0.143. The first-order valence-corrected chi connectivity index (χ1v) is 7.68. The Kier molecular flexibility index (Phi) is 4.29. The summed E-state index contributed by atoms with van der Waals surface area (Å²) in [6, 6.07) is 7.96. The van der Waals surface area contributed by atoms with Gasteiger partial charge in [0.15, 0.2) is 0 Å². The summed E-state index contributed by atoms with van der Waals surface area (Å²) in [6.45, 7) is 0. The highest BCUT2D eigenvalue weighted by Crippen LogP contribution is 2.29. The lowest BCUT2D eigenvalue weighted by atomic mass is 10.2. The molecule has 1 aromatic heterocycles. The number of benzene rings is 1. The SMILES string of the molecule is CN([n+]1ccc(C#N)cc1)S(=O)(=O)c1ccc(C(F)(F)F)cc1. The van der Waals surface area contributed by atoms with Crippen molar-refractivity contribution in [2.45, 2.75) is 11.1 Å². The Balaban J connectivity index is 2.35. The van der Waals surface area contributed by atoms with E-state index in [0.717, 1.165) is 16.5 Å². The predicted molar refractivity (Wildman–Crippen MR) is 74.1 cm³/mol. The van der Waals surface area contributed by atoms with E-state index in [1.165, 1.54) is 36.3 Å². The molecule has 23 heavy (non-hydrogen) atoms. The Morgan fingerprint density at radius 1 is 1.09 bits per heavy atom. The van der Waals surface area contributed by atoms with Gasteiger partial charge in [0.25, 0.3) is 0 Å². The second-order valence-corrected chi connectivity index (χ2v) is 6.49. The van der Waals surface area contributed by atoms with Gasteiger partial charge in [-0.1, -0.05) is 9.09 Å². The Labute approximate surface area is 130 Å². The maximum Gasteiger partial charge on any atom is 0.416 e. The van der Waals surface area contributed by atoms with E-state index in [-0.39, 0.29) is 4.90 Å². The maximum absolute atomic E-state index is 12.5. The lowest BCUT2D eigenvalue weighted by Crippen LogP contribution is -2.57. The van der Waals surface area contributed by atoms with Gasteiger partial charge in [-0.05, 0) is 24.3 Å². The van der Waals surface area contributed by atoms with Gasteiger partial charge in [-0.25, -0.2) is 0 Å². The highest BCUT2D eigenvalue weighted by molar-refractivity contribution is 7.92. The molecule has 1 aromatic carbocycles. The molecule has 0 aliphatic rings. The van der Waals surface area contributed by atoms with Crippen molar-refractivity contribution in [2.75, 3.05) is 11.5 Å². The number of rotatable bonds is 3. The zero-order valence-corrected chi connectivity index (χ0v) is 12.6. The van der Waals surface area contributed by atoms with Crippen molar-refractivity contribution >= 4 is 10.0 Å². The minimum Gasteiger partial charge on any atom is -0.196 e. The molecule has 9 heteroatoms. The van der Waals surface area contributed by atoms with Gasteiger partial charge in [0.2, 0.25) is 12.4 Å². The number of pyridine rings is 1. The van der Waals surface area contributed by atoms with Crippen molar-refractivity contribution in [2.24, 2.45) is 0 Å². The molecule has 2 rings (SSSR count). The first-order valence-electron chi connectivity index (χ1n) is 6.24. The largest absolute Gasteiger partial charge is 0.416 e. The molecule has 5 nitrogen and oxygen atoms in total. The number of hydrogen-bond acceptors (Lipinski definition) is 3. The van der Waals surface area contributed by atoms with E-state index in [2.05, 4.69) is 0 Å². The fourth-order valence-corrected chi connectivity index (χ4v) is 2.92. The van der Waals surface area contributed by atoms with Crippen LogP contribution in [0.3, 0.4) is 0 Å². The minimum atomic E-state index is -4.53. The summed E-state index contributed by atoms with van der Waals surface area (Å²) < 4.78 is 64.4. The molecule has 0 unspecified atom stereocenters. The average Bonchev–Trinajstić information content (AvgIpc) is 2.53. The van der Waals surface area contributed by atoms with Crippen LogP contribution in [0.4, 0.5) is 13.2 Å². The van der Waals surface area contributed by atoms with Gasteiger partial charge in [0.05, 0.1) is 29.1 Å². The second kappa shape index (κ2) is 5.89. The standard InChI is InChI=1S/C14H11F3N3O2S/c1-19(20-8-6-11(10-18)7-9-20)23(21,22)13-4-2-12(3-5-13)14(15,16)17/h2-9H,1H3/q+1. The summed E-state index contributed by atoms with van der Waals surface area (Å²) in [5.74, 6) is 0. The normalized spacial score (nSPS) is 11.8. The van der Waals surface area contributed by atoms with E-state index in [9.17, 15) is 21.6 Å². The van der Waals surface area contributed by atoms with Crippen LogP contribution in [0.2, 0.25) is 0 Å². The Morgan fingerprint density at radius 3 is 2.04 bits per heavy atom. The number of nitriles is 1. The number of hydrogen-bond donors (Lipinski definition) is 0. The third kappa shape index (κ3) is 3.43. The zero-order chi connectivity index (χ0) is 17.3. The summed E-state index contributed by atoms with van der Waals surface area (Å²) in [7, 11) is -2.78. The first kappa shape index (κ1) is 16.8. The summed E-state index contributed by atoms with van der Waals surface area (Å²) in [4.78, 5) is -0.273. The van der Waals surface area contributed by atoms with Gasteiger partial charge < -0.3 is 0 Å². The van der Waals surface area contributed by atoms with E-state index in [1.54, 1.807) is 0 Å². The van der Waals surface area contributed by atoms with Crippen molar-refractivity contribution < 1.29 is 26.3 Å². The van der Waals surface area contributed by atoms with Crippen LogP contribution in [0.5, 0.6) is 0 Å². The molecule has 0 amide bonds. The third-order valence-corrected chi connectivity index (χ3v) is 4.85. The van der Waals surface area contributed by atoms with Crippen molar-refractivity contribution in [3.05, 3.63) is 59.9 Å². The van der Waals surface area contributed by atoms with E-state index in [1.807, 2.05) is 6.07 Å². The van der Waals surface area contributed by atoms with Gasteiger partial charge in [0, 0.05) is 12.1 Å². The van der Waals surface area contributed by atoms with Gasteiger partial charge in [0.1, 0.15) is 0 Å². The number of alkyl halides is 3. The summed E-state index contributed by atoms with van der Waals surface area (Å²) in [5.41, 5.74) is -0.577. The van der Waals surface area contributed by atoms with Gasteiger partial charge in [-0.2, -0.15) is 26.9 Å². The molecule has 0 bridgehead atoms. The molecule has 0 saturated carbocycles. The second-order valence-electron chi connectivity index (χ2n) is 4.54. The van der Waals surface area contributed by atoms with Crippen LogP contribution in [0.15, 0.2) is 53.7 Å². The number of nitrogens with zero attached hydrogens (tertiary/aromatic N) is 3. The zero-order valence-electron chi connectivity index (χ0n) is 11.8. The molecular weight excluding hydrogens is 331 g/mol. The molecule has 0 atom stereocenters.